The minimum atomic E-state index is -1.26. The summed E-state index contributed by atoms with van der Waals surface area (Å²) < 4.78 is 23.5. The third-order valence-corrected chi connectivity index (χ3v) is 5.84. The van der Waals surface area contributed by atoms with Crippen LogP contribution in [0.2, 0.25) is 0 Å². The Balaban J connectivity index is 3.54. The van der Waals surface area contributed by atoms with Gasteiger partial charge in [0.1, 0.15) is 6.23 Å². The van der Waals surface area contributed by atoms with Crippen LogP contribution in [0.4, 0.5) is 0 Å². The summed E-state index contributed by atoms with van der Waals surface area (Å²) in [5.41, 5.74) is -3.21. The smallest absolute Gasteiger partial charge is 0.311 e. The molecule has 1 fully saturated rings. The number of esters is 3. The first-order valence-electron chi connectivity index (χ1n) is 13.9. The molecule has 0 aromatic rings. The van der Waals surface area contributed by atoms with E-state index < -0.39 is 70.3 Å². The molecule has 1 rings (SSSR count). The van der Waals surface area contributed by atoms with Crippen LogP contribution in [0.1, 0.15) is 95.9 Å². The Morgan fingerprint density at radius 2 is 1.23 bits per heavy atom. The van der Waals surface area contributed by atoms with Crippen LogP contribution in [-0.2, 0) is 38.1 Å². The Morgan fingerprint density at radius 1 is 0.775 bits per heavy atom. The van der Waals surface area contributed by atoms with Crippen LogP contribution in [0.5, 0.6) is 0 Å². The molecule has 1 saturated heterocycles. The van der Waals surface area contributed by atoms with Crippen molar-refractivity contribution in [2.75, 3.05) is 13.2 Å². The van der Waals surface area contributed by atoms with E-state index in [0.717, 1.165) is 0 Å². The van der Waals surface area contributed by atoms with Gasteiger partial charge < -0.3 is 29.4 Å². The maximum atomic E-state index is 13.2. The second kappa shape index (κ2) is 13.6. The zero-order chi connectivity index (χ0) is 31.3. The largest absolute Gasteiger partial charge is 0.455 e. The van der Waals surface area contributed by atoms with Crippen molar-refractivity contribution < 1.29 is 43.2 Å². The molecule has 0 aromatic heterocycles. The van der Waals surface area contributed by atoms with Gasteiger partial charge in [0.05, 0.1) is 28.9 Å². The van der Waals surface area contributed by atoms with Gasteiger partial charge in [-0.15, -0.1) is 0 Å². The Morgan fingerprint density at radius 3 is 1.65 bits per heavy atom. The molecule has 232 valence electrons. The molecule has 0 bridgehead atoms. The first-order valence-corrected chi connectivity index (χ1v) is 13.9. The fourth-order valence-corrected chi connectivity index (χ4v) is 3.44. The maximum absolute atomic E-state index is 13.2. The standard InChI is InChI=1S/C29H52N2O9/c1-26(2,3)23(34)38-18-16-37-22(30-17(14-13-15-32)21(33)31-29(10,11)12)20(40-25(36)28(7,8)9)19(18)39-24(35)27(4,5)6/h17-20,22,30,32H,13-16H2,1-12H3,(H,31,33)/t17-,18+,19-,20+,22+/m1/s1. The molecule has 0 radical (unpaired) electrons. The molecule has 0 aromatic carbocycles. The monoisotopic (exact) mass is 572 g/mol. The highest BCUT2D eigenvalue weighted by Gasteiger charge is 2.50. The van der Waals surface area contributed by atoms with Gasteiger partial charge in [-0.3, -0.25) is 24.5 Å². The van der Waals surface area contributed by atoms with E-state index in [4.69, 9.17) is 18.9 Å². The molecule has 3 N–H and O–H groups in total. The third kappa shape index (κ3) is 11.3. The summed E-state index contributed by atoms with van der Waals surface area (Å²) in [6.45, 7) is 20.3. The molecular weight excluding hydrogens is 520 g/mol. The molecule has 0 spiro atoms. The van der Waals surface area contributed by atoms with Gasteiger partial charge in [-0.2, -0.15) is 0 Å². The molecule has 11 heteroatoms. The highest BCUT2D eigenvalue weighted by molar-refractivity contribution is 5.82. The first-order chi connectivity index (χ1) is 18.0. The highest BCUT2D eigenvalue weighted by Crippen LogP contribution is 2.30. The minimum absolute atomic E-state index is 0.133. The quantitative estimate of drug-likeness (QED) is 0.278. The molecule has 5 atom stereocenters. The summed E-state index contributed by atoms with van der Waals surface area (Å²) in [5, 5.41) is 15.5. The first kappa shape index (κ1) is 35.8. The zero-order valence-electron chi connectivity index (χ0n) is 26.4. The molecule has 1 heterocycles. The van der Waals surface area contributed by atoms with E-state index in [9.17, 15) is 24.3 Å². The number of rotatable bonds is 9. The predicted octanol–water partition coefficient (Wildman–Crippen LogP) is 2.86. The van der Waals surface area contributed by atoms with Gasteiger partial charge in [0, 0.05) is 12.1 Å². The van der Waals surface area contributed by atoms with Crippen molar-refractivity contribution in [1.82, 2.24) is 10.6 Å². The van der Waals surface area contributed by atoms with E-state index in [0.29, 0.717) is 6.42 Å². The Kier molecular flexibility index (Phi) is 12.2. The summed E-state index contributed by atoms with van der Waals surface area (Å²) >= 11 is 0. The second-order valence-electron chi connectivity index (χ2n) is 14.5. The highest BCUT2D eigenvalue weighted by atomic mass is 16.6. The topological polar surface area (TPSA) is 149 Å². The Hall–Kier alpha value is -2.24. The molecular formula is C29H52N2O9. The van der Waals surface area contributed by atoms with E-state index in [1.165, 1.54) is 0 Å². The van der Waals surface area contributed by atoms with Gasteiger partial charge in [-0.1, -0.05) is 0 Å². The number of carbonyl (C=O) groups excluding carboxylic acids is 4. The van der Waals surface area contributed by atoms with E-state index >= 15 is 0 Å². The fraction of sp³-hybridized carbons (Fsp3) is 0.862. The molecule has 11 nitrogen and oxygen atoms in total. The lowest BCUT2D eigenvalue weighted by molar-refractivity contribution is -0.240. The van der Waals surface area contributed by atoms with Gasteiger partial charge in [0.25, 0.3) is 0 Å². The number of hydrogen-bond donors (Lipinski definition) is 3. The predicted molar refractivity (Wildman–Crippen MR) is 149 cm³/mol. The number of aliphatic hydroxyl groups is 1. The SMILES string of the molecule is CC(C)(C)NC(=O)[C@@H](CCCO)N[C@H]1OC[C@H](OC(=O)C(C)(C)C)[C@@H](OC(=O)C(C)(C)C)[C@@H]1OC(=O)C(C)(C)C. The zero-order valence-corrected chi connectivity index (χ0v) is 26.4. The van der Waals surface area contributed by atoms with E-state index in [1.54, 1.807) is 62.3 Å². The normalized spacial score (nSPS) is 23.1. The molecule has 40 heavy (non-hydrogen) atoms. The van der Waals surface area contributed by atoms with Gasteiger partial charge in [0.2, 0.25) is 5.91 Å². The van der Waals surface area contributed by atoms with Crippen LogP contribution in [0.15, 0.2) is 0 Å². The lowest BCUT2D eigenvalue weighted by Crippen LogP contribution is -2.65. The average Bonchev–Trinajstić information content (AvgIpc) is 2.76. The van der Waals surface area contributed by atoms with Crippen LogP contribution in [-0.4, -0.2) is 78.3 Å². The van der Waals surface area contributed by atoms with Crippen LogP contribution >= 0.6 is 0 Å². The van der Waals surface area contributed by atoms with Crippen molar-refractivity contribution >= 4 is 23.8 Å². The Bertz CT molecular complexity index is 891. The Labute approximate surface area is 239 Å². The van der Waals surface area contributed by atoms with Crippen molar-refractivity contribution in [2.24, 2.45) is 16.2 Å². The second-order valence-corrected chi connectivity index (χ2v) is 14.5. The average molecular weight is 573 g/mol. The number of carbonyl (C=O) groups is 4. The molecule has 1 aliphatic heterocycles. The summed E-state index contributed by atoms with van der Waals surface area (Å²) in [6, 6.07) is -0.833. The molecule has 1 amide bonds. The third-order valence-electron chi connectivity index (χ3n) is 5.84. The van der Waals surface area contributed by atoms with Crippen molar-refractivity contribution in [3.8, 4) is 0 Å². The molecule has 0 saturated carbocycles. The van der Waals surface area contributed by atoms with Crippen molar-refractivity contribution in [3.05, 3.63) is 0 Å². The number of ether oxygens (including phenoxy) is 4. The lowest BCUT2D eigenvalue weighted by Gasteiger charge is -2.43. The van der Waals surface area contributed by atoms with E-state index in [-0.39, 0.29) is 25.5 Å². The van der Waals surface area contributed by atoms with Crippen LogP contribution in [0, 0.1) is 16.2 Å². The van der Waals surface area contributed by atoms with Crippen LogP contribution < -0.4 is 10.6 Å². The number of amides is 1. The molecule has 0 unspecified atom stereocenters. The van der Waals surface area contributed by atoms with Crippen molar-refractivity contribution in [1.29, 1.82) is 0 Å². The maximum Gasteiger partial charge on any atom is 0.311 e. The van der Waals surface area contributed by atoms with Gasteiger partial charge in [-0.05, 0) is 95.9 Å². The van der Waals surface area contributed by atoms with Crippen molar-refractivity contribution in [2.45, 2.75) is 132 Å². The van der Waals surface area contributed by atoms with Crippen molar-refractivity contribution in [3.63, 3.8) is 0 Å². The van der Waals surface area contributed by atoms with Gasteiger partial charge >= 0.3 is 17.9 Å². The minimum Gasteiger partial charge on any atom is -0.455 e. The van der Waals surface area contributed by atoms with E-state index in [2.05, 4.69) is 10.6 Å². The van der Waals surface area contributed by atoms with Crippen LogP contribution in [0.3, 0.4) is 0 Å². The summed E-state index contributed by atoms with van der Waals surface area (Å²) in [4.78, 5) is 52.2. The van der Waals surface area contributed by atoms with Gasteiger partial charge in [-0.25, -0.2) is 0 Å². The lowest BCUT2D eigenvalue weighted by atomic mass is 9.94. The van der Waals surface area contributed by atoms with E-state index in [1.807, 2.05) is 20.8 Å². The summed E-state index contributed by atoms with van der Waals surface area (Å²) in [5.74, 6) is -2.07. The molecule has 0 aliphatic carbocycles. The number of aliphatic hydroxyl groups excluding tert-OH is 1. The van der Waals surface area contributed by atoms with Gasteiger partial charge in [0.15, 0.2) is 18.3 Å². The summed E-state index contributed by atoms with van der Waals surface area (Å²) in [6.07, 6.45) is -4.07. The number of nitrogens with one attached hydrogen (secondary N) is 2. The van der Waals surface area contributed by atoms with Crippen LogP contribution in [0.25, 0.3) is 0 Å². The number of hydrogen-bond acceptors (Lipinski definition) is 10. The fourth-order valence-electron chi connectivity index (χ4n) is 3.44. The summed E-state index contributed by atoms with van der Waals surface area (Å²) in [7, 11) is 0. The molecule has 1 aliphatic rings.